The van der Waals surface area contributed by atoms with E-state index in [9.17, 15) is 8.42 Å². The number of hydrogen-bond donors (Lipinski definition) is 2. The maximum absolute atomic E-state index is 11.5. The van der Waals surface area contributed by atoms with Gasteiger partial charge in [0.1, 0.15) is 0 Å². The minimum absolute atomic E-state index is 0.0856. The van der Waals surface area contributed by atoms with E-state index in [1.807, 2.05) is 18.2 Å². The third kappa shape index (κ3) is 3.54. The Balaban J connectivity index is 1.90. The molecule has 0 bridgehead atoms. The van der Waals surface area contributed by atoms with Gasteiger partial charge in [-0.3, -0.25) is 11.3 Å². The number of sulfone groups is 1. The van der Waals surface area contributed by atoms with Crippen molar-refractivity contribution in [3.05, 3.63) is 35.9 Å². The fourth-order valence-electron chi connectivity index (χ4n) is 2.56. The van der Waals surface area contributed by atoms with E-state index < -0.39 is 9.84 Å². The molecule has 1 heterocycles. The monoisotopic (exact) mass is 268 g/mol. The second kappa shape index (κ2) is 5.82. The van der Waals surface area contributed by atoms with Crippen LogP contribution in [0.1, 0.15) is 18.4 Å². The van der Waals surface area contributed by atoms with Gasteiger partial charge in [-0.25, -0.2) is 8.42 Å². The average Bonchev–Trinajstić information content (AvgIpc) is 2.72. The first kappa shape index (κ1) is 13.5. The normalized spacial score (nSPS) is 23.9. The SMILES string of the molecule is NNC(CCc1ccccc1)C1CCS(=O)(=O)C1. The van der Waals surface area contributed by atoms with Crippen LogP contribution in [0.2, 0.25) is 0 Å². The Kier molecular flexibility index (Phi) is 4.37. The lowest BCUT2D eigenvalue weighted by molar-refractivity contribution is 0.367. The molecule has 1 aromatic carbocycles. The van der Waals surface area contributed by atoms with Crippen molar-refractivity contribution < 1.29 is 8.42 Å². The number of hydrogen-bond acceptors (Lipinski definition) is 4. The van der Waals surface area contributed by atoms with Crippen molar-refractivity contribution in [2.75, 3.05) is 11.5 Å². The molecule has 3 N–H and O–H groups in total. The van der Waals surface area contributed by atoms with E-state index in [0.29, 0.717) is 5.75 Å². The van der Waals surface area contributed by atoms with Crippen molar-refractivity contribution in [3.8, 4) is 0 Å². The molecule has 100 valence electrons. The highest BCUT2D eigenvalue weighted by Gasteiger charge is 2.32. The van der Waals surface area contributed by atoms with E-state index in [1.54, 1.807) is 0 Å². The molecule has 0 radical (unpaired) electrons. The Labute approximate surface area is 108 Å². The van der Waals surface area contributed by atoms with Gasteiger partial charge in [-0.15, -0.1) is 0 Å². The standard InChI is InChI=1S/C13H20N2O2S/c14-15-13(12-8-9-18(16,17)10-12)7-6-11-4-2-1-3-5-11/h1-5,12-13,15H,6-10,14H2. The molecular formula is C13H20N2O2S. The summed E-state index contributed by atoms with van der Waals surface area (Å²) in [5.41, 5.74) is 4.05. The molecule has 5 heteroatoms. The maximum atomic E-state index is 11.5. The number of benzene rings is 1. The van der Waals surface area contributed by atoms with Gasteiger partial charge in [0, 0.05) is 6.04 Å². The van der Waals surface area contributed by atoms with E-state index >= 15 is 0 Å². The van der Waals surface area contributed by atoms with E-state index in [-0.39, 0.29) is 17.7 Å². The van der Waals surface area contributed by atoms with Gasteiger partial charge in [0.15, 0.2) is 9.84 Å². The topological polar surface area (TPSA) is 72.2 Å². The van der Waals surface area contributed by atoms with Crippen LogP contribution in [-0.2, 0) is 16.3 Å². The molecule has 0 saturated carbocycles. The highest BCUT2D eigenvalue weighted by molar-refractivity contribution is 7.91. The Bertz CT molecular complexity index is 473. The number of nitrogens with two attached hydrogens (primary N) is 1. The van der Waals surface area contributed by atoms with Gasteiger partial charge in [0.05, 0.1) is 11.5 Å². The maximum Gasteiger partial charge on any atom is 0.150 e. The summed E-state index contributed by atoms with van der Waals surface area (Å²) in [7, 11) is -2.83. The Morgan fingerprint density at radius 3 is 2.61 bits per heavy atom. The van der Waals surface area contributed by atoms with Crippen LogP contribution in [-0.4, -0.2) is 26.0 Å². The molecule has 1 saturated heterocycles. The van der Waals surface area contributed by atoms with E-state index in [1.165, 1.54) is 5.56 Å². The van der Waals surface area contributed by atoms with Crippen LogP contribution in [0.3, 0.4) is 0 Å². The van der Waals surface area contributed by atoms with Gasteiger partial charge in [-0.1, -0.05) is 30.3 Å². The smallest absolute Gasteiger partial charge is 0.150 e. The van der Waals surface area contributed by atoms with Gasteiger partial charge in [-0.05, 0) is 30.7 Å². The molecule has 4 nitrogen and oxygen atoms in total. The highest BCUT2D eigenvalue weighted by Crippen LogP contribution is 2.24. The molecule has 0 amide bonds. The average molecular weight is 268 g/mol. The number of hydrazine groups is 1. The summed E-state index contributed by atoms with van der Waals surface area (Å²) in [6.07, 6.45) is 2.53. The van der Waals surface area contributed by atoms with Gasteiger partial charge in [0.2, 0.25) is 0 Å². The largest absolute Gasteiger partial charge is 0.271 e. The third-order valence-corrected chi connectivity index (χ3v) is 5.43. The molecule has 2 rings (SSSR count). The number of nitrogens with one attached hydrogen (secondary N) is 1. The van der Waals surface area contributed by atoms with Crippen molar-refractivity contribution in [1.82, 2.24) is 5.43 Å². The van der Waals surface area contributed by atoms with Crippen LogP contribution in [0.4, 0.5) is 0 Å². The van der Waals surface area contributed by atoms with Gasteiger partial charge >= 0.3 is 0 Å². The molecule has 1 aliphatic heterocycles. The fourth-order valence-corrected chi connectivity index (χ4v) is 4.44. The lowest BCUT2D eigenvalue weighted by atomic mass is 9.94. The summed E-state index contributed by atoms with van der Waals surface area (Å²) in [4.78, 5) is 0. The predicted molar refractivity (Wildman–Crippen MR) is 72.6 cm³/mol. The summed E-state index contributed by atoms with van der Waals surface area (Å²) < 4.78 is 22.9. The van der Waals surface area contributed by atoms with Crippen LogP contribution in [0, 0.1) is 5.92 Å². The van der Waals surface area contributed by atoms with E-state index in [0.717, 1.165) is 19.3 Å². The van der Waals surface area contributed by atoms with Gasteiger partial charge < -0.3 is 0 Å². The molecule has 2 atom stereocenters. The van der Waals surface area contributed by atoms with Crippen molar-refractivity contribution >= 4 is 9.84 Å². The lowest BCUT2D eigenvalue weighted by Crippen LogP contribution is -2.41. The first-order valence-electron chi connectivity index (χ1n) is 6.31. The lowest BCUT2D eigenvalue weighted by Gasteiger charge is -2.21. The van der Waals surface area contributed by atoms with Crippen LogP contribution >= 0.6 is 0 Å². The second-order valence-corrected chi connectivity index (χ2v) is 7.19. The van der Waals surface area contributed by atoms with Crippen molar-refractivity contribution in [2.45, 2.75) is 25.3 Å². The van der Waals surface area contributed by atoms with Gasteiger partial charge in [0.25, 0.3) is 0 Å². The minimum atomic E-state index is -2.83. The molecule has 0 spiro atoms. The number of aryl methyl sites for hydroxylation is 1. The minimum Gasteiger partial charge on any atom is -0.271 e. The summed E-state index contributed by atoms with van der Waals surface area (Å²) in [6.45, 7) is 0. The summed E-state index contributed by atoms with van der Waals surface area (Å²) in [5, 5.41) is 0. The van der Waals surface area contributed by atoms with Crippen molar-refractivity contribution in [1.29, 1.82) is 0 Å². The first-order valence-corrected chi connectivity index (χ1v) is 8.13. The molecule has 1 fully saturated rings. The highest BCUT2D eigenvalue weighted by atomic mass is 32.2. The molecule has 1 aliphatic rings. The van der Waals surface area contributed by atoms with Crippen LogP contribution in [0.15, 0.2) is 30.3 Å². The van der Waals surface area contributed by atoms with Crippen LogP contribution < -0.4 is 11.3 Å². The van der Waals surface area contributed by atoms with E-state index in [4.69, 9.17) is 5.84 Å². The van der Waals surface area contributed by atoms with E-state index in [2.05, 4.69) is 17.6 Å². The van der Waals surface area contributed by atoms with Crippen LogP contribution in [0.5, 0.6) is 0 Å². The molecule has 2 unspecified atom stereocenters. The summed E-state index contributed by atoms with van der Waals surface area (Å²) >= 11 is 0. The summed E-state index contributed by atoms with van der Waals surface area (Å²) in [5.74, 6) is 6.30. The zero-order valence-corrected chi connectivity index (χ0v) is 11.2. The molecule has 0 aliphatic carbocycles. The summed E-state index contributed by atoms with van der Waals surface area (Å²) in [6, 6.07) is 10.3. The Morgan fingerprint density at radius 1 is 1.33 bits per heavy atom. The zero-order chi connectivity index (χ0) is 13.0. The Morgan fingerprint density at radius 2 is 2.06 bits per heavy atom. The van der Waals surface area contributed by atoms with Crippen molar-refractivity contribution in [3.63, 3.8) is 0 Å². The fraction of sp³-hybridized carbons (Fsp3) is 0.538. The molecule has 0 aromatic heterocycles. The second-order valence-electron chi connectivity index (χ2n) is 4.96. The third-order valence-electron chi connectivity index (χ3n) is 3.64. The van der Waals surface area contributed by atoms with Gasteiger partial charge in [-0.2, -0.15) is 0 Å². The molecular weight excluding hydrogens is 248 g/mol. The number of rotatable bonds is 5. The Hall–Kier alpha value is -0.910. The van der Waals surface area contributed by atoms with Crippen LogP contribution in [0.25, 0.3) is 0 Å². The quantitative estimate of drug-likeness (QED) is 0.614. The first-order chi connectivity index (χ1) is 8.61. The molecule has 18 heavy (non-hydrogen) atoms. The zero-order valence-electron chi connectivity index (χ0n) is 10.4. The van der Waals surface area contributed by atoms with Crippen molar-refractivity contribution in [2.24, 2.45) is 11.8 Å². The predicted octanol–water partition coefficient (Wildman–Crippen LogP) is 0.886. The molecule has 1 aromatic rings.